The van der Waals surface area contributed by atoms with E-state index in [1.54, 1.807) is 0 Å². The molecule has 0 bridgehead atoms. The smallest absolute Gasteiger partial charge is 0.315 e. The topological polar surface area (TPSA) is 62.4 Å². The molecule has 1 saturated carbocycles. The second-order valence-corrected chi connectivity index (χ2v) is 6.17. The number of hydrogen-bond acceptors (Lipinski definition) is 3. The molecular weight excluding hydrogens is 232 g/mol. The molecule has 2 saturated heterocycles. The standard InChI is InChI=1S/C14H18O4/c15-11(16)12(9-10-5-2-1-3-6-10)7-4-8-13-14(12,17-13)18-13/h1-2,10H,3-9H2,(H,15,16). The summed E-state index contributed by atoms with van der Waals surface area (Å²) in [5.74, 6) is -1.50. The van der Waals surface area contributed by atoms with Gasteiger partial charge in [0.15, 0.2) is 0 Å². The fourth-order valence-corrected chi connectivity index (χ4v) is 4.14. The maximum atomic E-state index is 11.8. The summed E-state index contributed by atoms with van der Waals surface area (Å²) in [6.07, 6.45) is 10.7. The van der Waals surface area contributed by atoms with E-state index in [0.717, 1.165) is 32.1 Å². The first-order chi connectivity index (χ1) is 8.64. The summed E-state index contributed by atoms with van der Waals surface area (Å²) in [5, 5.41) is 9.73. The highest BCUT2D eigenvalue weighted by Gasteiger charge is 2.99. The van der Waals surface area contributed by atoms with Gasteiger partial charge in [0, 0.05) is 6.42 Å². The highest BCUT2D eigenvalue weighted by molar-refractivity contribution is 5.78. The lowest BCUT2D eigenvalue weighted by Crippen LogP contribution is -2.44. The number of hydrogen-bond donors (Lipinski definition) is 1. The number of carboxylic acids is 1. The summed E-state index contributed by atoms with van der Waals surface area (Å²) in [7, 11) is 0. The molecule has 0 aromatic rings. The predicted octanol–water partition coefficient (Wildman–Crippen LogP) is 2.44. The van der Waals surface area contributed by atoms with Gasteiger partial charge in [-0.15, -0.1) is 0 Å². The molecule has 4 heteroatoms. The van der Waals surface area contributed by atoms with Crippen LogP contribution in [-0.2, 0) is 14.3 Å². The fourth-order valence-electron chi connectivity index (χ4n) is 4.14. The SMILES string of the molecule is O=C(O)C1(CC2CC=CCC2)CCCC23OC21O3. The van der Waals surface area contributed by atoms with Gasteiger partial charge < -0.3 is 14.6 Å². The molecule has 0 radical (unpaired) electrons. The van der Waals surface area contributed by atoms with Gasteiger partial charge in [-0.1, -0.05) is 12.2 Å². The molecule has 2 unspecified atom stereocenters. The predicted molar refractivity (Wildman–Crippen MR) is 62.6 cm³/mol. The number of rotatable bonds is 3. The minimum absolute atomic E-state index is 0.463. The maximum absolute atomic E-state index is 11.8. The zero-order valence-corrected chi connectivity index (χ0v) is 10.4. The third-order valence-corrected chi connectivity index (χ3v) is 5.20. The van der Waals surface area contributed by atoms with Gasteiger partial charge in [-0.2, -0.15) is 0 Å². The average molecular weight is 250 g/mol. The van der Waals surface area contributed by atoms with Crippen molar-refractivity contribution in [2.45, 2.75) is 56.5 Å². The third kappa shape index (κ3) is 1.11. The molecule has 1 N–H and O–H groups in total. The lowest BCUT2D eigenvalue weighted by molar-refractivity contribution is -0.177. The minimum Gasteiger partial charge on any atom is -0.481 e. The van der Waals surface area contributed by atoms with E-state index in [4.69, 9.17) is 9.47 Å². The largest absolute Gasteiger partial charge is 0.481 e. The molecule has 3 fully saturated rings. The number of aliphatic carboxylic acids is 1. The van der Waals surface area contributed by atoms with E-state index < -0.39 is 23.0 Å². The van der Waals surface area contributed by atoms with Crippen molar-refractivity contribution in [2.75, 3.05) is 0 Å². The van der Waals surface area contributed by atoms with Gasteiger partial charge in [0.05, 0.1) is 0 Å². The summed E-state index contributed by atoms with van der Waals surface area (Å²) in [5.41, 5.74) is -0.791. The van der Waals surface area contributed by atoms with Crippen LogP contribution in [0.2, 0.25) is 0 Å². The van der Waals surface area contributed by atoms with Crippen molar-refractivity contribution in [2.24, 2.45) is 11.3 Å². The lowest BCUT2D eigenvalue weighted by Gasteiger charge is -2.33. The highest BCUT2D eigenvalue weighted by Crippen LogP contribution is 2.81. The summed E-state index contributed by atoms with van der Waals surface area (Å²) < 4.78 is 11.3. The van der Waals surface area contributed by atoms with E-state index in [-0.39, 0.29) is 0 Å². The first-order valence-corrected chi connectivity index (χ1v) is 6.93. The lowest BCUT2D eigenvalue weighted by atomic mass is 9.67. The van der Waals surface area contributed by atoms with E-state index >= 15 is 0 Å². The van der Waals surface area contributed by atoms with Crippen LogP contribution < -0.4 is 0 Å². The Labute approximate surface area is 106 Å². The molecule has 98 valence electrons. The summed E-state index contributed by atoms with van der Waals surface area (Å²) in [6, 6.07) is 0. The van der Waals surface area contributed by atoms with Crippen LogP contribution in [0.3, 0.4) is 0 Å². The van der Waals surface area contributed by atoms with Crippen molar-refractivity contribution < 1.29 is 19.4 Å². The third-order valence-electron chi connectivity index (χ3n) is 5.20. The van der Waals surface area contributed by atoms with E-state index in [0.29, 0.717) is 18.8 Å². The molecular formula is C14H18O4. The Morgan fingerprint density at radius 1 is 1.33 bits per heavy atom. The number of carbonyl (C=O) groups is 1. The Morgan fingerprint density at radius 3 is 2.83 bits per heavy atom. The van der Waals surface area contributed by atoms with Gasteiger partial charge in [0.2, 0.25) is 11.6 Å². The molecule has 0 aromatic carbocycles. The van der Waals surface area contributed by atoms with Crippen molar-refractivity contribution in [3.8, 4) is 0 Å². The van der Waals surface area contributed by atoms with E-state index in [1.807, 2.05) is 0 Å². The summed E-state index contributed by atoms with van der Waals surface area (Å²) >= 11 is 0. The quantitative estimate of drug-likeness (QED) is 0.617. The van der Waals surface area contributed by atoms with Gasteiger partial charge >= 0.3 is 5.97 Å². The molecule has 0 aromatic heterocycles. The second kappa shape index (κ2) is 3.17. The fraction of sp³-hybridized carbons (Fsp3) is 0.786. The van der Waals surface area contributed by atoms with E-state index in [2.05, 4.69) is 12.2 Å². The van der Waals surface area contributed by atoms with Crippen molar-refractivity contribution in [3.63, 3.8) is 0 Å². The second-order valence-electron chi connectivity index (χ2n) is 6.17. The summed E-state index contributed by atoms with van der Waals surface area (Å²) in [6.45, 7) is 0. The molecule has 4 aliphatic rings. The Hall–Kier alpha value is -0.870. The maximum Gasteiger partial charge on any atom is 0.315 e. The van der Waals surface area contributed by atoms with Crippen LogP contribution in [0, 0.1) is 11.3 Å². The Balaban J connectivity index is 1.61. The van der Waals surface area contributed by atoms with Crippen LogP contribution in [-0.4, -0.2) is 22.7 Å². The van der Waals surface area contributed by atoms with Crippen LogP contribution in [0.25, 0.3) is 0 Å². The molecule has 18 heavy (non-hydrogen) atoms. The molecule has 2 atom stereocenters. The molecule has 0 amide bonds. The zero-order chi connectivity index (χ0) is 12.4. The highest BCUT2D eigenvalue weighted by atomic mass is 17.0. The molecule has 4 nitrogen and oxygen atoms in total. The molecule has 2 aliphatic heterocycles. The Bertz CT molecular complexity index is 435. The van der Waals surface area contributed by atoms with E-state index in [9.17, 15) is 9.90 Å². The van der Waals surface area contributed by atoms with Crippen LogP contribution in [0.5, 0.6) is 0 Å². The van der Waals surface area contributed by atoms with Crippen molar-refractivity contribution in [3.05, 3.63) is 12.2 Å². The average Bonchev–Trinajstić information content (AvgIpc) is 3.17. The van der Waals surface area contributed by atoms with E-state index in [1.165, 1.54) is 0 Å². The number of ether oxygens (including phenoxy) is 2. The van der Waals surface area contributed by atoms with Gasteiger partial charge in [0.1, 0.15) is 5.41 Å². The van der Waals surface area contributed by atoms with Gasteiger partial charge in [-0.25, -0.2) is 0 Å². The molecule has 2 aliphatic carbocycles. The number of epoxide rings is 2. The van der Waals surface area contributed by atoms with Gasteiger partial charge in [-0.3, -0.25) is 4.79 Å². The van der Waals surface area contributed by atoms with Crippen LogP contribution in [0.1, 0.15) is 44.9 Å². The number of allylic oxidation sites excluding steroid dienone is 2. The molecule has 0 spiro atoms. The van der Waals surface area contributed by atoms with Crippen LogP contribution in [0.15, 0.2) is 12.2 Å². The van der Waals surface area contributed by atoms with Crippen molar-refractivity contribution in [1.82, 2.24) is 0 Å². The Kier molecular flexibility index (Phi) is 1.94. The van der Waals surface area contributed by atoms with Crippen molar-refractivity contribution in [1.29, 1.82) is 0 Å². The minimum atomic E-state index is -0.791. The summed E-state index contributed by atoms with van der Waals surface area (Å²) in [4.78, 5) is 11.8. The monoisotopic (exact) mass is 250 g/mol. The normalized spacial score (nSPS) is 52.3. The van der Waals surface area contributed by atoms with Crippen LogP contribution >= 0.6 is 0 Å². The zero-order valence-electron chi connectivity index (χ0n) is 10.4. The molecule has 4 rings (SSSR count). The van der Waals surface area contributed by atoms with Crippen molar-refractivity contribution >= 4 is 5.97 Å². The van der Waals surface area contributed by atoms with Gasteiger partial charge in [-0.05, 0) is 44.4 Å². The van der Waals surface area contributed by atoms with Gasteiger partial charge in [0.25, 0.3) is 0 Å². The first-order valence-electron chi connectivity index (χ1n) is 6.93. The van der Waals surface area contributed by atoms with Crippen LogP contribution in [0.4, 0.5) is 0 Å². The first kappa shape index (κ1) is 11.0. The number of carboxylic acid groups (broad SMARTS) is 1. The Morgan fingerprint density at radius 2 is 2.17 bits per heavy atom. The molecule has 2 heterocycles.